The largest absolute Gasteiger partial charge is 0.370 e. The molecule has 2 aromatic carbocycles. The smallest absolute Gasteiger partial charge is 0.250 e. The minimum absolute atomic E-state index is 0.414. The first kappa shape index (κ1) is 19.1. The zero-order chi connectivity index (χ0) is 21.2. The molecule has 3 heterocycles. The zero-order valence-electron chi connectivity index (χ0n) is 17.2. The van der Waals surface area contributed by atoms with E-state index < -0.39 is 5.91 Å². The number of aromatic amines is 1. The molecule has 1 aliphatic rings. The summed E-state index contributed by atoms with van der Waals surface area (Å²) in [5.41, 5.74) is 9.40. The number of fused-ring (bicyclic) bond motifs is 1. The average molecular weight is 412 g/mol. The predicted octanol–water partition coefficient (Wildman–Crippen LogP) is 3.44. The fourth-order valence-electron chi connectivity index (χ4n) is 4.12. The Morgan fingerprint density at radius 2 is 1.71 bits per heavy atom. The van der Waals surface area contributed by atoms with Crippen LogP contribution in [0, 0.1) is 0 Å². The van der Waals surface area contributed by atoms with Crippen molar-refractivity contribution in [2.24, 2.45) is 5.73 Å². The molecule has 1 aliphatic heterocycles. The number of H-pyrrole nitrogens is 1. The molecule has 0 atom stereocenters. The van der Waals surface area contributed by atoms with Crippen LogP contribution >= 0.6 is 0 Å². The van der Waals surface area contributed by atoms with Gasteiger partial charge in [0.15, 0.2) is 0 Å². The van der Waals surface area contributed by atoms with Crippen molar-refractivity contribution in [1.29, 1.82) is 0 Å². The van der Waals surface area contributed by atoms with Crippen molar-refractivity contribution in [3.05, 3.63) is 72.4 Å². The highest BCUT2D eigenvalue weighted by atomic mass is 16.1. The van der Waals surface area contributed by atoms with Crippen molar-refractivity contribution in [2.75, 3.05) is 36.0 Å². The van der Waals surface area contributed by atoms with E-state index in [0.717, 1.165) is 49.5 Å². The monoisotopic (exact) mass is 412 g/mol. The van der Waals surface area contributed by atoms with Gasteiger partial charge in [-0.25, -0.2) is 9.97 Å². The second-order valence-corrected chi connectivity index (χ2v) is 7.72. The lowest BCUT2D eigenvalue weighted by molar-refractivity contribution is 0.100. The number of para-hydroxylation sites is 2. The molecule has 3 N–H and O–H groups in total. The summed E-state index contributed by atoms with van der Waals surface area (Å²) >= 11 is 0. The average Bonchev–Trinajstić information content (AvgIpc) is 3.09. The topological polar surface area (TPSA) is 91.1 Å². The summed E-state index contributed by atoms with van der Waals surface area (Å²) in [6, 6.07) is 20.0. The van der Waals surface area contributed by atoms with Crippen molar-refractivity contribution in [1.82, 2.24) is 15.0 Å². The van der Waals surface area contributed by atoms with Crippen LogP contribution in [0.5, 0.6) is 0 Å². The quantitative estimate of drug-likeness (QED) is 0.536. The zero-order valence-corrected chi connectivity index (χ0v) is 17.2. The summed E-state index contributed by atoms with van der Waals surface area (Å²) in [5.74, 6) is 1.16. The number of hydrogen-bond donors (Lipinski definition) is 2. The summed E-state index contributed by atoms with van der Waals surface area (Å²) < 4.78 is 0. The number of aromatic nitrogens is 3. The van der Waals surface area contributed by atoms with Gasteiger partial charge in [-0.15, -0.1) is 0 Å². The molecule has 1 fully saturated rings. The molecule has 0 bridgehead atoms. The third kappa shape index (κ3) is 3.82. The number of rotatable bonds is 4. The number of amides is 1. The number of primary amides is 1. The summed E-state index contributed by atoms with van der Waals surface area (Å²) in [7, 11) is 0. The molecule has 0 radical (unpaired) electrons. The summed E-state index contributed by atoms with van der Waals surface area (Å²) in [6.07, 6.45) is 2.91. The van der Waals surface area contributed by atoms with Gasteiger partial charge in [0.05, 0.1) is 11.1 Å². The molecule has 7 heteroatoms. The number of nitrogens with two attached hydrogens (primary N) is 1. The highest BCUT2D eigenvalue weighted by Gasteiger charge is 2.17. The highest BCUT2D eigenvalue weighted by molar-refractivity contribution is 6.04. The number of carbonyl (C=O) groups is 1. The summed E-state index contributed by atoms with van der Waals surface area (Å²) in [6.45, 7) is 3.91. The molecule has 4 aromatic rings. The van der Waals surface area contributed by atoms with Gasteiger partial charge in [0.2, 0.25) is 0 Å². The van der Waals surface area contributed by atoms with Crippen molar-refractivity contribution in [2.45, 2.75) is 6.42 Å². The van der Waals surface area contributed by atoms with Crippen LogP contribution in [0.15, 0.2) is 66.9 Å². The van der Waals surface area contributed by atoms with E-state index in [2.05, 4.69) is 50.1 Å². The normalized spacial score (nSPS) is 14.6. The maximum absolute atomic E-state index is 11.7. The fraction of sp³-hybridized carbons (Fsp3) is 0.208. The molecule has 0 aliphatic carbocycles. The Balaban J connectivity index is 1.34. The van der Waals surface area contributed by atoms with Crippen molar-refractivity contribution >= 4 is 28.4 Å². The van der Waals surface area contributed by atoms with Crippen LogP contribution in [0.4, 0.5) is 11.5 Å². The fourth-order valence-corrected chi connectivity index (χ4v) is 4.12. The highest BCUT2D eigenvalue weighted by Crippen LogP contribution is 2.24. The van der Waals surface area contributed by atoms with E-state index in [1.54, 1.807) is 12.1 Å². The van der Waals surface area contributed by atoms with Crippen molar-refractivity contribution < 1.29 is 4.79 Å². The van der Waals surface area contributed by atoms with Crippen LogP contribution < -0.4 is 15.5 Å². The number of benzene rings is 2. The minimum Gasteiger partial charge on any atom is -0.370 e. The Hall–Kier alpha value is -3.87. The molecule has 31 heavy (non-hydrogen) atoms. The first-order valence-electron chi connectivity index (χ1n) is 10.5. The number of hydrogen-bond acceptors (Lipinski definition) is 5. The van der Waals surface area contributed by atoms with Crippen molar-refractivity contribution in [3.63, 3.8) is 0 Å². The molecule has 0 saturated carbocycles. The van der Waals surface area contributed by atoms with E-state index in [-0.39, 0.29) is 0 Å². The molecule has 2 aromatic heterocycles. The Bertz CT molecular complexity index is 1200. The number of nitrogens with one attached hydrogen (secondary N) is 1. The van der Waals surface area contributed by atoms with Crippen LogP contribution in [0.2, 0.25) is 0 Å². The van der Waals surface area contributed by atoms with Crippen LogP contribution in [-0.4, -0.2) is 47.0 Å². The van der Waals surface area contributed by atoms with Gasteiger partial charge >= 0.3 is 0 Å². The van der Waals surface area contributed by atoms with Crippen LogP contribution in [0.1, 0.15) is 16.8 Å². The van der Waals surface area contributed by atoms with Gasteiger partial charge in [-0.1, -0.05) is 24.3 Å². The summed E-state index contributed by atoms with van der Waals surface area (Å²) in [5, 5.41) is 0. The molecule has 156 valence electrons. The Labute approximate surface area is 180 Å². The summed E-state index contributed by atoms with van der Waals surface area (Å²) in [4.78, 5) is 29.0. The standard InChI is InChI=1S/C24H24N6O/c25-23(31)19-8-4-9-20-22(19)28-24(27-20)17-10-11-21(26-16-17)30-13-5-12-29(14-15-30)18-6-2-1-3-7-18/h1-4,6-11,16H,5,12-15H2,(H2,25,31)(H,27,28). The third-order valence-electron chi connectivity index (χ3n) is 5.74. The third-order valence-corrected chi connectivity index (χ3v) is 5.74. The van der Waals surface area contributed by atoms with E-state index in [4.69, 9.17) is 10.7 Å². The van der Waals surface area contributed by atoms with E-state index in [0.29, 0.717) is 16.9 Å². The van der Waals surface area contributed by atoms with Crippen LogP contribution in [0.3, 0.4) is 0 Å². The lowest BCUT2D eigenvalue weighted by Crippen LogP contribution is -2.31. The van der Waals surface area contributed by atoms with E-state index in [9.17, 15) is 4.79 Å². The Morgan fingerprint density at radius 3 is 2.48 bits per heavy atom. The number of carbonyl (C=O) groups excluding carboxylic acids is 1. The lowest BCUT2D eigenvalue weighted by atomic mass is 10.2. The van der Waals surface area contributed by atoms with Gasteiger partial charge in [0.1, 0.15) is 17.2 Å². The van der Waals surface area contributed by atoms with Gasteiger partial charge in [-0.3, -0.25) is 4.79 Å². The first-order valence-corrected chi connectivity index (χ1v) is 10.5. The SMILES string of the molecule is NC(=O)c1cccc2[nH]c(-c3ccc(N4CCCN(c5ccccc5)CC4)nc3)nc12. The Kier molecular flexibility index (Phi) is 5.00. The molecule has 0 unspecified atom stereocenters. The number of anilines is 2. The molecular weight excluding hydrogens is 388 g/mol. The van der Waals surface area contributed by atoms with E-state index >= 15 is 0 Å². The van der Waals surface area contributed by atoms with Gasteiger partial charge in [0, 0.05) is 43.6 Å². The van der Waals surface area contributed by atoms with Crippen LogP contribution in [-0.2, 0) is 0 Å². The minimum atomic E-state index is -0.483. The molecule has 1 saturated heterocycles. The number of pyridine rings is 1. The lowest BCUT2D eigenvalue weighted by Gasteiger charge is -2.24. The molecule has 1 amide bonds. The Morgan fingerprint density at radius 1 is 0.903 bits per heavy atom. The molecule has 5 rings (SSSR count). The van der Waals surface area contributed by atoms with Crippen molar-refractivity contribution in [3.8, 4) is 11.4 Å². The second kappa shape index (κ2) is 8.10. The maximum Gasteiger partial charge on any atom is 0.250 e. The van der Waals surface area contributed by atoms with E-state index in [1.807, 2.05) is 24.4 Å². The maximum atomic E-state index is 11.7. The first-order chi connectivity index (χ1) is 15.2. The predicted molar refractivity (Wildman–Crippen MR) is 123 cm³/mol. The second-order valence-electron chi connectivity index (χ2n) is 7.72. The van der Waals surface area contributed by atoms with Gasteiger partial charge in [-0.2, -0.15) is 0 Å². The van der Waals surface area contributed by atoms with E-state index in [1.165, 1.54) is 5.69 Å². The van der Waals surface area contributed by atoms with Gasteiger partial charge in [-0.05, 0) is 42.8 Å². The van der Waals surface area contributed by atoms with Gasteiger partial charge in [0.25, 0.3) is 5.91 Å². The van der Waals surface area contributed by atoms with Gasteiger partial charge < -0.3 is 20.5 Å². The number of imidazole rings is 1. The molecule has 0 spiro atoms. The number of nitrogens with zero attached hydrogens (tertiary/aromatic N) is 4. The molecule has 7 nitrogen and oxygen atoms in total. The molecular formula is C24H24N6O. The van der Waals surface area contributed by atoms with Crippen LogP contribution in [0.25, 0.3) is 22.4 Å².